The molecule has 4 nitrogen and oxygen atoms in total. The molecule has 48 valence electrons. The van der Waals surface area contributed by atoms with Crippen molar-refractivity contribution in [1.29, 1.82) is 0 Å². The number of amides is 1. The van der Waals surface area contributed by atoms with Crippen LogP contribution in [0, 0.1) is 0 Å². The minimum atomic E-state index is -0.527. The first-order chi connectivity index (χ1) is 4.29. The number of carbonyl (C=O) groups excluding carboxylic acids is 2. The van der Waals surface area contributed by atoms with Gasteiger partial charge in [-0.3, -0.25) is 9.59 Å². The van der Waals surface area contributed by atoms with Crippen LogP contribution in [-0.2, 0) is 14.3 Å². The molecule has 0 saturated carbocycles. The fourth-order valence-electron chi connectivity index (χ4n) is 0.461. The van der Waals surface area contributed by atoms with Crippen LogP contribution in [0.3, 0.4) is 0 Å². The molecule has 0 bridgehead atoms. The van der Waals surface area contributed by atoms with Crippen LogP contribution in [0.2, 0.25) is 0 Å². The van der Waals surface area contributed by atoms with Gasteiger partial charge in [0.25, 0.3) is 0 Å². The average Bonchev–Trinajstić information content (AvgIpc) is 1.93. The van der Waals surface area contributed by atoms with Crippen LogP contribution in [0.25, 0.3) is 0 Å². The molecule has 4 heteroatoms. The lowest BCUT2D eigenvalue weighted by Crippen LogP contribution is -2.17. The monoisotopic (exact) mass is 127 g/mol. The van der Waals surface area contributed by atoms with Crippen LogP contribution < -0.4 is 5.32 Å². The second kappa shape index (κ2) is 2.30. The van der Waals surface area contributed by atoms with Gasteiger partial charge in [-0.05, 0) is 0 Å². The molecule has 1 rings (SSSR count). The molecule has 1 aliphatic heterocycles. The van der Waals surface area contributed by atoms with Crippen molar-refractivity contribution in [3.63, 3.8) is 0 Å². The van der Waals surface area contributed by atoms with Crippen molar-refractivity contribution in [2.45, 2.75) is 6.42 Å². The Bertz CT molecular complexity index is 155. The summed E-state index contributed by atoms with van der Waals surface area (Å²) in [4.78, 5) is 20.8. The van der Waals surface area contributed by atoms with Crippen molar-refractivity contribution >= 4 is 11.9 Å². The zero-order valence-corrected chi connectivity index (χ0v) is 4.59. The summed E-state index contributed by atoms with van der Waals surface area (Å²) in [5.41, 5.74) is 0. The van der Waals surface area contributed by atoms with E-state index < -0.39 is 5.97 Å². The minimum Gasteiger partial charge on any atom is -0.433 e. The largest absolute Gasteiger partial charge is 0.433 e. The summed E-state index contributed by atoms with van der Waals surface area (Å²) < 4.78 is 4.37. The maximum Gasteiger partial charge on any atom is 0.320 e. The second-order valence-corrected chi connectivity index (χ2v) is 1.54. The quantitative estimate of drug-likeness (QED) is 0.353. The van der Waals surface area contributed by atoms with Gasteiger partial charge in [0, 0.05) is 6.20 Å². The molecular formula is C5H5NO3. The van der Waals surface area contributed by atoms with Gasteiger partial charge in [-0.15, -0.1) is 0 Å². The van der Waals surface area contributed by atoms with Crippen molar-refractivity contribution in [2.75, 3.05) is 0 Å². The first-order valence-electron chi connectivity index (χ1n) is 2.43. The number of hydrogen-bond donors (Lipinski definition) is 1. The van der Waals surface area contributed by atoms with E-state index in [0.717, 1.165) is 6.26 Å². The Morgan fingerprint density at radius 2 is 2.33 bits per heavy atom. The first kappa shape index (κ1) is 5.81. The molecule has 0 saturated heterocycles. The highest BCUT2D eigenvalue weighted by molar-refractivity contribution is 5.95. The van der Waals surface area contributed by atoms with Crippen LogP contribution in [0.5, 0.6) is 0 Å². The van der Waals surface area contributed by atoms with Gasteiger partial charge in [0.15, 0.2) is 0 Å². The van der Waals surface area contributed by atoms with Gasteiger partial charge in [-0.1, -0.05) is 0 Å². The third-order valence-corrected chi connectivity index (χ3v) is 0.817. The Morgan fingerprint density at radius 1 is 1.56 bits per heavy atom. The molecule has 0 aromatic carbocycles. The Balaban J connectivity index is 2.60. The zero-order chi connectivity index (χ0) is 6.69. The number of nitrogens with one attached hydrogen (secondary N) is 1. The van der Waals surface area contributed by atoms with E-state index in [0.29, 0.717) is 0 Å². The highest BCUT2D eigenvalue weighted by Crippen LogP contribution is 1.91. The van der Waals surface area contributed by atoms with Crippen LogP contribution in [0.4, 0.5) is 0 Å². The summed E-state index contributed by atoms with van der Waals surface area (Å²) in [6, 6.07) is 0. The second-order valence-electron chi connectivity index (χ2n) is 1.54. The maximum atomic E-state index is 10.4. The van der Waals surface area contributed by atoms with E-state index in [-0.39, 0.29) is 12.3 Å². The third kappa shape index (κ3) is 1.56. The summed E-state index contributed by atoms with van der Waals surface area (Å²) in [7, 11) is 0. The minimum absolute atomic E-state index is 0.201. The molecule has 0 radical (unpaired) electrons. The molecule has 0 fully saturated rings. The predicted octanol–water partition coefficient (Wildman–Crippen LogP) is -0.479. The standard InChI is InChI=1S/C5H5NO3/c7-4-3-5(8)9-2-1-6-4/h1-2H,3H2,(H,6,7). The molecule has 0 aromatic rings. The summed E-state index contributed by atoms with van der Waals surface area (Å²) >= 11 is 0. The summed E-state index contributed by atoms with van der Waals surface area (Å²) in [5, 5.41) is 2.31. The van der Waals surface area contributed by atoms with Crippen molar-refractivity contribution in [3.8, 4) is 0 Å². The van der Waals surface area contributed by atoms with Gasteiger partial charge in [-0.25, -0.2) is 0 Å². The molecule has 0 atom stereocenters. The van der Waals surface area contributed by atoms with Crippen LogP contribution in [0.15, 0.2) is 12.5 Å². The van der Waals surface area contributed by atoms with Gasteiger partial charge in [0.1, 0.15) is 12.7 Å². The molecule has 1 N–H and O–H groups in total. The number of hydrogen-bond acceptors (Lipinski definition) is 3. The molecular weight excluding hydrogens is 122 g/mol. The molecule has 1 aliphatic rings. The van der Waals surface area contributed by atoms with E-state index in [1.54, 1.807) is 0 Å². The Labute approximate surface area is 51.5 Å². The van der Waals surface area contributed by atoms with E-state index in [2.05, 4.69) is 10.1 Å². The van der Waals surface area contributed by atoms with E-state index in [1.165, 1.54) is 6.20 Å². The van der Waals surface area contributed by atoms with Crippen molar-refractivity contribution in [3.05, 3.63) is 12.5 Å². The summed E-state index contributed by atoms with van der Waals surface area (Å²) in [5.74, 6) is -0.866. The number of carbonyl (C=O) groups is 2. The van der Waals surface area contributed by atoms with E-state index >= 15 is 0 Å². The lowest BCUT2D eigenvalue weighted by molar-refractivity contribution is -0.140. The average molecular weight is 127 g/mol. The highest BCUT2D eigenvalue weighted by Gasteiger charge is 2.10. The SMILES string of the molecule is O=C1CC(=O)OC=CN1. The first-order valence-corrected chi connectivity index (χ1v) is 2.43. The maximum absolute atomic E-state index is 10.4. The van der Waals surface area contributed by atoms with Crippen molar-refractivity contribution in [2.24, 2.45) is 0 Å². The normalized spacial score (nSPS) is 18.2. The van der Waals surface area contributed by atoms with Crippen LogP contribution >= 0.6 is 0 Å². The fraction of sp³-hybridized carbons (Fsp3) is 0.200. The number of esters is 1. The number of rotatable bonds is 0. The number of cyclic esters (lactones) is 1. The molecule has 0 aromatic heterocycles. The smallest absolute Gasteiger partial charge is 0.320 e. The molecule has 0 aliphatic carbocycles. The van der Waals surface area contributed by atoms with Gasteiger partial charge in [-0.2, -0.15) is 0 Å². The van der Waals surface area contributed by atoms with Crippen molar-refractivity contribution < 1.29 is 14.3 Å². The summed E-state index contributed by atoms with van der Waals surface area (Å²) in [6.07, 6.45) is 2.23. The van der Waals surface area contributed by atoms with E-state index in [1.807, 2.05) is 0 Å². The number of ether oxygens (including phenoxy) is 1. The molecule has 0 spiro atoms. The molecule has 0 unspecified atom stereocenters. The van der Waals surface area contributed by atoms with E-state index in [9.17, 15) is 9.59 Å². The molecule has 1 heterocycles. The fourth-order valence-corrected chi connectivity index (χ4v) is 0.461. The predicted molar refractivity (Wildman–Crippen MR) is 28.0 cm³/mol. The van der Waals surface area contributed by atoms with Gasteiger partial charge in [0.2, 0.25) is 5.91 Å². The van der Waals surface area contributed by atoms with Gasteiger partial charge >= 0.3 is 5.97 Å². The molecule has 1 amide bonds. The Morgan fingerprint density at radius 3 is 3.11 bits per heavy atom. The lowest BCUT2D eigenvalue weighted by Gasteiger charge is -1.89. The Kier molecular flexibility index (Phi) is 1.48. The summed E-state index contributed by atoms with van der Waals surface area (Å²) in [6.45, 7) is 0. The van der Waals surface area contributed by atoms with E-state index in [4.69, 9.17) is 0 Å². The van der Waals surface area contributed by atoms with Gasteiger partial charge in [0.05, 0.1) is 0 Å². The zero-order valence-electron chi connectivity index (χ0n) is 4.59. The van der Waals surface area contributed by atoms with Crippen LogP contribution in [-0.4, -0.2) is 11.9 Å². The third-order valence-electron chi connectivity index (χ3n) is 0.817. The topological polar surface area (TPSA) is 55.4 Å². The highest BCUT2D eigenvalue weighted by atomic mass is 16.5. The van der Waals surface area contributed by atoms with Crippen molar-refractivity contribution in [1.82, 2.24) is 5.32 Å². The van der Waals surface area contributed by atoms with Gasteiger partial charge < -0.3 is 10.1 Å². The molecule has 9 heavy (non-hydrogen) atoms. The lowest BCUT2D eigenvalue weighted by atomic mass is 10.4. The Hall–Kier alpha value is -1.32. The van der Waals surface area contributed by atoms with Crippen LogP contribution in [0.1, 0.15) is 6.42 Å².